The minimum atomic E-state index is 0.194. The average Bonchev–Trinajstić information content (AvgIpc) is 2.93. The molecule has 2 fully saturated rings. The van der Waals surface area contributed by atoms with Crippen LogP contribution in [0.2, 0.25) is 0 Å². The fourth-order valence-corrected chi connectivity index (χ4v) is 3.63. The van der Waals surface area contributed by atoms with Gasteiger partial charge in [-0.05, 0) is 35.9 Å². The number of nitrogens with one attached hydrogen (secondary N) is 2. The summed E-state index contributed by atoms with van der Waals surface area (Å²) in [7, 11) is 0. The van der Waals surface area contributed by atoms with E-state index in [1.807, 2.05) is 12.1 Å². The highest BCUT2D eigenvalue weighted by atomic mass is 16.2. The molecule has 1 amide bonds. The molecule has 1 aromatic carbocycles. The number of carbonyl (C=O) groups is 1. The molecule has 0 bridgehead atoms. The molecule has 1 aliphatic heterocycles. The molecule has 2 aromatic rings. The van der Waals surface area contributed by atoms with Gasteiger partial charge in [-0.2, -0.15) is 5.10 Å². The van der Waals surface area contributed by atoms with E-state index >= 15 is 0 Å². The maximum Gasteiger partial charge on any atom is 0.224 e. The van der Waals surface area contributed by atoms with Gasteiger partial charge in [0.25, 0.3) is 0 Å². The molecule has 120 valence electrons. The molecule has 6 heteroatoms. The van der Waals surface area contributed by atoms with E-state index in [-0.39, 0.29) is 17.2 Å². The third kappa shape index (κ3) is 2.86. The molecule has 1 saturated heterocycles. The Morgan fingerprint density at radius 1 is 1.39 bits per heavy atom. The van der Waals surface area contributed by atoms with Gasteiger partial charge in [-0.1, -0.05) is 24.3 Å². The number of amides is 1. The first-order chi connectivity index (χ1) is 11.3. The third-order valence-electron chi connectivity index (χ3n) is 5.15. The van der Waals surface area contributed by atoms with Crippen LogP contribution in [0.4, 0.5) is 0 Å². The predicted molar refractivity (Wildman–Crippen MR) is 85.4 cm³/mol. The summed E-state index contributed by atoms with van der Waals surface area (Å²) in [6, 6.07) is 8.15. The Bertz CT molecular complexity index is 691. The van der Waals surface area contributed by atoms with Crippen molar-refractivity contribution >= 4 is 5.91 Å². The minimum Gasteiger partial charge on any atom is -0.352 e. The third-order valence-corrected chi connectivity index (χ3v) is 5.15. The van der Waals surface area contributed by atoms with Crippen molar-refractivity contribution in [3.8, 4) is 0 Å². The lowest BCUT2D eigenvalue weighted by atomic mass is 10.0. The van der Waals surface area contributed by atoms with Crippen LogP contribution in [0.25, 0.3) is 0 Å². The number of benzene rings is 1. The molecule has 23 heavy (non-hydrogen) atoms. The summed E-state index contributed by atoms with van der Waals surface area (Å²) in [5.74, 6) is 0.393. The monoisotopic (exact) mass is 311 g/mol. The topological polar surface area (TPSA) is 71.8 Å². The lowest BCUT2D eigenvalue weighted by molar-refractivity contribution is -0.123. The van der Waals surface area contributed by atoms with Gasteiger partial charge in [-0.3, -0.25) is 4.79 Å². The zero-order valence-electron chi connectivity index (χ0n) is 13.0. The Morgan fingerprint density at radius 3 is 3.00 bits per heavy atom. The number of rotatable bonds is 5. The zero-order chi connectivity index (χ0) is 15.7. The summed E-state index contributed by atoms with van der Waals surface area (Å²) in [6.45, 7) is 3.28. The van der Waals surface area contributed by atoms with E-state index in [4.69, 9.17) is 0 Å². The Morgan fingerprint density at radius 2 is 2.26 bits per heavy atom. The van der Waals surface area contributed by atoms with Crippen molar-refractivity contribution in [2.24, 2.45) is 11.3 Å². The summed E-state index contributed by atoms with van der Waals surface area (Å²) < 4.78 is 1.79. The minimum absolute atomic E-state index is 0.194. The summed E-state index contributed by atoms with van der Waals surface area (Å²) in [4.78, 5) is 16.4. The van der Waals surface area contributed by atoms with Gasteiger partial charge >= 0.3 is 0 Å². The second-order valence-electron chi connectivity index (χ2n) is 6.63. The van der Waals surface area contributed by atoms with Crippen molar-refractivity contribution in [2.75, 3.05) is 13.1 Å². The van der Waals surface area contributed by atoms with E-state index < -0.39 is 0 Å². The van der Waals surface area contributed by atoms with Crippen molar-refractivity contribution in [3.05, 3.63) is 48.0 Å². The van der Waals surface area contributed by atoms with Crippen LogP contribution < -0.4 is 10.6 Å². The molecule has 1 aliphatic carbocycles. The Labute approximate surface area is 135 Å². The molecule has 2 N–H and O–H groups in total. The second-order valence-corrected chi connectivity index (χ2v) is 6.63. The van der Waals surface area contributed by atoms with Crippen molar-refractivity contribution in [2.45, 2.75) is 25.9 Å². The average molecular weight is 311 g/mol. The van der Waals surface area contributed by atoms with Gasteiger partial charge in [0.15, 0.2) is 0 Å². The van der Waals surface area contributed by atoms with Crippen molar-refractivity contribution in [1.82, 2.24) is 25.4 Å². The Hall–Kier alpha value is -2.21. The van der Waals surface area contributed by atoms with Crippen LogP contribution in [0.15, 0.2) is 36.9 Å². The summed E-state index contributed by atoms with van der Waals surface area (Å²) in [6.07, 6.45) is 5.41. The van der Waals surface area contributed by atoms with E-state index in [1.165, 1.54) is 6.33 Å². The molecule has 2 aliphatic rings. The molecule has 2 atom stereocenters. The van der Waals surface area contributed by atoms with Gasteiger partial charge in [0.05, 0.1) is 6.54 Å². The maximum absolute atomic E-state index is 12.4. The van der Waals surface area contributed by atoms with Crippen molar-refractivity contribution in [1.29, 1.82) is 0 Å². The lowest BCUT2D eigenvalue weighted by Crippen LogP contribution is -2.28. The van der Waals surface area contributed by atoms with Crippen LogP contribution in [0, 0.1) is 11.3 Å². The molecular formula is C17H21N5O. The van der Waals surface area contributed by atoms with Gasteiger partial charge in [-0.25, -0.2) is 9.67 Å². The summed E-state index contributed by atoms with van der Waals surface area (Å²) in [5, 5.41) is 10.6. The molecular weight excluding hydrogens is 290 g/mol. The molecule has 1 aromatic heterocycles. The molecule has 2 unspecified atom stereocenters. The van der Waals surface area contributed by atoms with Gasteiger partial charge in [-0.15, -0.1) is 0 Å². The largest absolute Gasteiger partial charge is 0.352 e. The van der Waals surface area contributed by atoms with Crippen LogP contribution in [-0.4, -0.2) is 33.8 Å². The highest BCUT2D eigenvalue weighted by Crippen LogP contribution is 2.56. The number of aromatic nitrogens is 3. The smallest absolute Gasteiger partial charge is 0.224 e. The van der Waals surface area contributed by atoms with Crippen LogP contribution in [0.3, 0.4) is 0 Å². The summed E-state index contributed by atoms with van der Waals surface area (Å²) in [5.41, 5.74) is 2.55. The number of hydrogen-bond donors (Lipinski definition) is 2. The highest BCUT2D eigenvalue weighted by molar-refractivity contribution is 5.82. The van der Waals surface area contributed by atoms with Crippen LogP contribution >= 0.6 is 0 Å². The fourth-order valence-electron chi connectivity index (χ4n) is 3.63. The Balaban J connectivity index is 1.38. The van der Waals surface area contributed by atoms with Gasteiger partial charge in [0, 0.05) is 19.0 Å². The number of nitrogens with zero attached hydrogens (tertiary/aromatic N) is 3. The lowest BCUT2D eigenvalue weighted by Gasteiger charge is -2.12. The zero-order valence-corrected chi connectivity index (χ0v) is 13.0. The fraction of sp³-hybridized carbons (Fsp3) is 0.471. The van der Waals surface area contributed by atoms with Crippen LogP contribution in [0.5, 0.6) is 0 Å². The highest BCUT2D eigenvalue weighted by Gasteiger charge is 2.58. The van der Waals surface area contributed by atoms with Crippen molar-refractivity contribution < 1.29 is 4.79 Å². The van der Waals surface area contributed by atoms with E-state index in [0.717, 1.165) is 37.1 Å². The number of hydrogen-bond acceptors (Lipinski definition) is 4. The van der Waals surface area contributed by atoms with E-state index in [1.54, 1.807) is 11.0 Å². The standard InChI is InChI=1S/C17H21N5O/c23-16(15-7-17(15)5-6-18-10-17)20-8-13-3-1-2-4-14(13)9-22-12-19-11-21-22/h1-4,11-12,15,18H,5-10H2,(H,20,23). The van der Waals surface area contributed by atoms with E-state index in [9.17, 15) is 4.79 Å². The van der Waals surface area contributed by atoms with Gasteiger partial charge in [0.2, 0.25) is 5.91 Å². The second kappa shape index (κ2) is 5.77. The molecule has 4 rings (SSSR count). The Kier molecular flexibility index (Phi) is 3.61. The number of carbonyl (C=O) groups excluding carboxylic acids is 1. The molecule has 0 radical (unpaired) electrons. The quantitative estimate of drug-likeness (QED) is 0.862. The van der Waals surface area contributed by atoms with Crippen LogP contribution in [-0.2, 0) is 17.9 Å². The first kappa shape index (κ1) is 14.4. The normalized spacial score (nSPS) is 25.7. The van der Waals surface area contributed by atoms with Crippen molar-refractivity contribution in [3.63, 3.8) is 0 Å². The molecule has 1 spiro atoms. The summed E-state index contributed by atoms with van der Waals surface area (Å²) >= 11 is 0. The van der Waals surface area contributed by atoms with Gasteiger partial charge in [0.1, 0.15) is 12.7 Å². The predicted octanol–water partition coefficient (Wildman–Crippen LogP) is 0.942. The molecule has 6 nitrogen and oxygen atoms in total. The molecule has 2 heterocycles. The van der Waals surface area contributed by atoms with E-state index in [0.29, 0.717) is 13.1 Å². The van der Waals surface area contributed by atoms with Crippen LogP contribution in [0.1, 0.15) is 24.0 Å². The SMILES string of the molecule is O=C(NCc1ccccc1Cn1cncn1)C1CC12CCNC2. The maximum atomic E-state index is 12.4. The van der Waals surface area contributed by atoms with Gasteiger partial charge < -0.3 is 10.6 Å². The first-order valence-corrected chi connectivity index (χ1v) is 8.14. The molecule has 1 saturated carbocycles. The first-order valence-electron chi connectivity index (χ1n) is 8.14. The van der Waals surface area contributed by atoms with E-state index in [2.05, 4.69) is 32.8 Å².